The van der Waals surface area contributed by atoms with Crippen molar-refractivity contribution in [1.82, 2.24) is 0 Å². The zero-order chi connectivity index (χ0) is 10.7. The largest absolute Gasteiger partial charge is 0.507 e. The Balaban J connectivity index is 3.18. The molecule has 5 heteroatoms. The van der Waals surface area contributed by atoms with E-state index in [2.05, 4.69) is 15.9 Å². The second kappa shape index (κ2) is 4.52. The molecular formula is C9H9BrFNO2. The number of Topliss-reactive ketones (excluding diaryl/α,β-unsaturated/α-hetero) is 1. The van der Waals surface area contributed by atoms with E-state index in [0.717, 1.165) is 6.07 Å². The van der Waals surface area contributed by atoms with Crippen LogP contribution >= 0.6 is 15.9 Å². The Morgan fingerprint density at radius 1 is 1.57 bits per heavy atom. The van der Waals surface area contributed by atoms with Gasteiger partial charge < -0.3 is 10.8 Å². The maximum absolute atomic E-state index is 13.2. The van der Waals surface area contributed by atoms with Crippen molar-refractivity contribution in [3.63, 3.8) is 0 Å². The normalized spacial score (nSPS) is 10.2. The van der Waals surface area contributed by atoms with Crippen LogP contribution in [0, 0.1) is 5.82 Å². The highest BCUT2D eigenvalue weighted by atomic mass is 79.9. The van der Waals surface area contributed by atoms with Crippen molar-refractivity contribution < 1.29 is 14.3 Å². The van der Waals surface area contributed by atoms with E-state index < -0.39 is 11.6 Å². The van der Waals surface area contributed by atoms with Crippen molar-refractivity contribution >= 4 is 21.7 Å². The molecule has 0 amide bonds. The molecule has 0 aliphatic carbocycles. The molecule has 0 radical (unpaired) electrons. The first-order valence-corrected chi connectivity index (χ1v) is 4.77. The third kappa shape index (κ3) is 2.10. The quantitative estimate of drug-likeness (QED) is 0.817. The van der Waals surface area contributed by atoms with Crippen molar-refractivity contribution in [2.24, 2.45) is 5.73 Å². The molecule has 0 fully saturated rings. The number of aromatic hydroxyl groups is 1. The summed E-state index contributed by atoms with van der Waals surface area (Å²) in [6.45, 7) is 0.153. The van der Waals surface area contributed by atoms with E-state index in [1.165, 1.54) is 6.07 Å². The van der Waals surface area contributed by atoms with E-state index in [1.54, 1.807) is 0 Å². The first-order chi connectivity index (χ1) is 6.57. The summed E-state index contributed by atoms with van der Waals surface area (Å²) < 4.78 is 13.3. The number of nitrogens with two attached hydrogens (primary N) is 1. The van der Waals surface area contributed by atoms with Gasteiger partial charge in [-0.1, -0.05) is 0 Å². The van der Waals surface area contributed by atoms with Crippen LogP contribution in [0.2, 0.25) is 0 Å². The molecule has 0 atom stereocenters. The molecule has 3 nitrogen and oxygen atoms in total. The van der Waals surface area contributed by atoms with Crippen LogP contribution in [0.15, 0.2) is 16.6 Å². The van der Waals surface area contributed by atoms with Gasteiger partial charge in [-0.3, -0.25) is 4.79 Å². The summed E-state index contributed by atoms with van der Waals surface area (Å²) in [5.41, 5.74) is 5.04. The van der Waals surface area contributed by atoms with E-state index in [4.69, 9.17) is 5.73 Å². The number of benzene rings is 1. The molecule has 0 heterocycles. The molecule has 0 aliphatic heterocycles. The minimum atomic E-state index is -0.659. The second-order valence-corrected chi connectivity index (χ2v) is 3.51. The molecule has 1 rings (SSSR count). The Labute approximate surface area is 88.9 Å². The molecular weight excluding hydrogens is 253 g/mol. The van der Waals surface area contributed by atoms with Crippen LogP contribution in [0.3, 0.4) is 0 Å². The van der Waals surface area contributed by atoms with E-state index in [0.29, 0.717) is 0 Å². The molecule has 3 N–H and O–H groups in total. The molecule has 76 valence electrons. The molecule has 0 bridgehead atoms. The lowest BCUT2D eigenvalue weighted by molar-refractivity contribution is 0.0980. The first-order valence-electron chi connectivity index (χ1n) is 3.98. The first kappa shape index (κ1) is 11.1. The molecule has 14 heavy (non-hydrogen) atoms. The summed E-state index contributed by atoms with van der Waals surface area (Å²) in [7, 11) is 0. The minimum Gasteiger partial charge on any atom is -0.507 e. The molecule has 0 saturated carbocycles. The smallest absolute Gasteiger partial charge is 0.168 e. The Morgan fingerprint density at radius 2 is 2.21 bits per heavy atom. The fourth-order valence-corrected chi connectivity index (χ4v) is 1.60. The summed E-state index contributed by atoms with van der Waals surface area (Å²) in [6.07, 6.45) is 0.0545. The third-order valence-corrected chi connectivity index (χ3v) is 2.52. The number of hydrogen-bond acceptors (Lipinski definition) is 3. The molecule has 0 aromatic heterocycles. The van der Waals surface area contributed by atoms with Crippen molar-refractivity contribution in [3.8, 4) is 5.75 Å². The number of carbonyl (C=O) groups excluding carboxylic acids is 1. The number of ketones is 1. The maximum atomic E-state index is 13.2. The van der Waals surface area contributed by atoms with Crippen LogP contribution in [0.1, 0.15) is 16.8 Å². The Morgan fingerprint density at radius 3 is 2.79 bits per heavy atom. The molecule has 0 unspecified atom stereocenters. The van der Waals surface area contributed by atoms with Gasteiger partial charge in [0, 0.05) is 6.42 Å². The lowest BCUT2D eigenvalue weighted by Crippen LogP contribution is -2.10. The average Bonchev–Trinajstić information content (AvgIpc) is 2.13. The van der Waals surface area contributed by atoms with E-state index in [-0.39, 0.29) is 28.8 Å². The lowest BCUT2D eigenvalue weighted by Gasteiger charge is -2.05. The summed E-state index contributed by atoms with van der Waals surface area (Å²) >= 11 is 2.95. The van der Waals surface area contributed by atoms with Crippen LogP contribution in [0.5, 0.6) is 5.75 Å². The molecule has 0 spiro atoms. The topological polar surface area (TPSA) is 63.3 Å². The van der Waals surface area contributed by atoms with Gasteiger partial charge in [0.15, 0.2) is 5.78 Å². The van der Waals surface area contributed by atoms with Crippen molar-refractivity contribution in [1.29, 1.82) is 0 Å². The van der Waals surface area contributed by atoms with Crippen molar-refractivity contribution in [2.75, 3.05) is 6.54 Å². The fourth-order valence-electron chi connectivity index (χ4n) is 1.05. The highest BCUT2D eigenvalue weighted by molar-refractivity contribution is 9.10. The predicted molar refractivity (Wildman–Crippen MR) is 53.8 cm³/mol. The van der Waals surface area contributed by atoms with Crippen LogP contribution < -0.4 is 5.73 Å². The van der Waals surface area contributed by atoms with Gasteiger partial charge in [-0.25, -0.2) is 4.39 Å². The molecule has 0 saturated heterocycles. The van der Waals surface area contributed by atoms with Gasteiger partial charge in [0.25, 0.3) is 0 Å². The third-order valence-electron chi connectivity index (χ3n) is 1.72. The Kier molecular flexibility index (Phi) is 3.60. The lowest BCUT2D eigenvalue weighted by atomic mass is 10.1. The van der Waals surface area contributed by atoms with Gasteiger partial charge in [0.05, 0.1) is 10.0 Å². The van der Waals surface area contributed by atoms with Crippen molar-refractivity contribution in [3.05, 3.63) is 28.0 Å². The van der Waals surface area contributed by atoms with Crippen LogP contribution in [0.4, 0.5) is 4.39 Å². The van der Waals surface area contributed by atoms with Gasteiger partial charge >= 0.3 is 0 Å². The van der Waals surface area contributed by atoms with E-state index >= 15 is 0 Å². The van der Waals surface area contributed by atoms with E-state index in [1.807, 2.05) is 0 Å². The Hall–Kier alpha value is -0.940. The van der Waals surface area contributed by atoms with Gasteiger partial charge in [-0.05, 0) is 34.6 Å². The SMILES string of the molecule is NCCC(=O)c1c(F)ccc(O)c1Br. The monoisotopic (exact) mass is 261 g/mol. The minimum absolute atomic E-state index is 0.0545. The molecule has 0 aliphatic rings. The number of halogens is 2. The predicted octanol–water partition coefficient (Wildman–Crippen LogP) is 1.83. The summed E-state index contributed by atoms with van der Waals surface area (Å²) in [6, 6.07) is 2.22. The second-order valence-electron chi connectivity index (χ2n) is 2.72. The standard InChI is InChI=1S/C9H9BrFNO2/c10-9-7(14)2-1-5(11)8(9)6(13)3-4-12/h1-2,14H,3-4,12H2. The zero-order valence-electron chi connectivity index (χ0n) is 7.26. The number of phenols is 1. The average molecular weight is 262 g/mol. The summed E-state index contributed by atoms with van der Waals surface area (Å²) in [4.78, 5) is 11.4. The molecule has 1 aromatic rings. The number of hydrogen-bond donors (Lipinski definition) is 2. The highest BCUT2D eigenvalue weighted by Gasteiger charge is 2.17. The van der Waals surface area contributed by atoms with Gasteiger partial charge in [0.1, 0.15) is 11.6 Å². The number of carbonyl (C=O) groups is 1. The van der Waals surface area contributed by atoms with Crippen molar-refractivity contribution in [2.45, 2.75) is 6.42 Å². The van der Waals surface area contributed by atoms with Gasteiger partial charge in [-0.15, -0.1) is 0 Å². The summed E-state index contributed by atoms with van der Waals surface area (Å²) in [5, 5.41) is 9.24. The van der Waals surface area contributed by atoms with Crippen LogP contribution in [-0.4, -0.2) is 17.4 Å². The Bertz CT molecular complexity index is 368. The zero-order valence-corrected chi connectivity index (χ0v) is 8.84. The molecule has 1 aromatic carbocycles. The van der Waals surface area contributed by atoms with Gasteiger partial charge in [0.2, 0.25) is 0 Å². The maximum Gasteiger partial charge on any atom is 0.168 e. The number of phenolic OH excluding ortho intramolecular Hbond substituents is 1. The fraction of sp³-hybridized carbons (Fsp3) is 0.222. The summed E-state index contributed by atoms with van der Waals surface area (Å²) in [5.74, 6) is -1.24. The number of rotatable bonds is 3. The highest BCUT2D eigenvalue weighted by Crippen LogP contribution is 2.30. The van der Waals surface area contributed by atoms with Gasteiger partial charge in [-0.2, -0.15) is 0 Å². The van der Waals surface area contributed by atoms with Crippen LogP contribution in [-0.2, 0) is 0 Å². The van der Waals surface area contributed by atoms with E-state index in [9.17, 15) is 14.3 Å². The van der Waals surface area contributed by atoms with Crippen LogP contribution in [0.25, 0.3) is 0 Å².